The van der Waals surface area contributed by atoms with Gasteiger partial charge in [-0.1, -0.05) is 40.2 Å². The molecule has 3 aliphatic rings. The fourth-order valence-electron chi connectivity index (χ4n) is 6.40. The lowest BCUT2D eigenvalue weighted by Crippen LogP contribution is -2.55. The minimum absolute atomic E-state index is 0.0141. The van der Waals surface area contributed by atoms with E-state index in [0.717, 1.165) is 23.2 Å². The lowest BCUT2D eigenvalue weighted by Gasteiger charge is -2.38. The number of aliphatic hydroxyl groups is 1. The van der Waals surface area contributed by atoms with Crippen molar-refractivity contribution >= 4 is 51.2 Å². The number of amides is 2. The zero-order chi connectivity index (χ0) is 28.3. The van der Waals surface area contributed by atoms with Crippen LogP contribution in [0.25, 0.3) is 0 Å². The minimum Gasteiger partial charge on any atom is -0.465 e. The summed E-state index contributed by atoms with van der Waals surface area (Å²) in [5.41, 5.74) is 2.80. The maximum atomic E-state index is 14.6. The van der Waals surface area contributed by atoms with Crippen molar-refractivity contribution in [1.29, 1.82) is 0 Å². The lowest BCUT2D eigenvalue weighted by molar-refractivity contribution is -0.154. The number of esters is 1. The highest BCUT2D eigenvalue weighted by atomic mass is 79.9. The normalized spacial score (nSPS) is 28.9. The number of allylic oxidation sites excluding steroid dienone is 1. The number of aryl methyl sites for hydroxylation is 2. The van der Waals surface area contributed by atoms with E-state index in [1.807, 2.05) is 32.0 Å². The molecule has 0 saturated carbocycles. The molecule has 4 rings (SSSR count). The number of fused-ring (bicyclic) bond motifs is 1. The van der Waals surface area contributed by atoms with Crippen molar-refractivity contribution in [2.24, 2.45) is 11.8 Å². The van der Waals surface area contributed by atoms with Gasteiger partial charge in [-0.2, -0.15) is 0 Å². The molecule has 3 fully saturated rings. The van der Waals surface area contributed by atoms with E-state index in [1.165, 1.54) is 0 Å². The van der Waals surface area contributed by atoms with Crippen LogP contribution in [0.1, 0.15) is 43.2 Å². The summed E-state index contributed by atoms with van der Waals surface area (Å²) >= 11 is 5.41. The second-order valence-electron chi connectivity index (χ2n) is 10.8. The van der Waals surface area contributed by atoms with Gasteiger partial charge in [-0.05, 0) is 63.1 Å². The summed E-state index contributed by atoms with van der Waals surface area (Å²) in [7, 11) is 0. The first kappa shape index (κ1) is 29.9. The highest BCUT2D eigenvalue weighted by Gasteiger charge is 2.76. The van der Waals surface area contributed by atoms with Crippen molar-refractivity contribution in [3.8, 4) is 0 Å². The van der Waals surface area contributed by atoms with Crippen molar-refractivity contribution in [2.75, 3.05) is 31.2 Å². The molecule has 0 aliphatic carbocycles. The Morgan fingerprint density at radius 1 is 1.26 bits per heavy atom. The van der Waals surface area contributed by atoms with Crippen LogP contribution in [-0.4, -0.2) is 75.0 Å². The Bertz CT molecular complexity index is 1130. The molecular formula is C30H39BrN2O5S. The van der Waals surface area contributed by atoms with Crippen LogP contribution in [0, 0.1) is 25.7 Å². The van der Waals surface area contributed by atoms with Crippen LogP contribution < -0.4 is 4.90 Å². The van der Waals surface area contributed by atoms with Crippen LogP contribution in [0.3, 0.4) is 0 Å². The predicted octanol–water partition coefficient (Wildman–Crippen LogP) is 4.57. The van der Waals surface area contributed by atoms with Crippen molar-refractivity contribution in [1.82, 2.24) is 4.90 Å². The fraction of sp³-hybridized carbons (Fsp3) is 0.567. The molecule has 39 heavy (non-hydrogen) atoms. The van der Waals surface area contributed by atoms with Gasteiger partial charge in [-0.25, -0.2) is 0 Å². The standard InChI is InChI=1S/C30H39BrN2O5S/c1-5-7-10-16-38-29(37)23-24-27(35)33(14-8-9-15-34)26(30(24)18-21(31)25(23)39-30)28(36)32(13-6-2)22-17-19(3)11-12-20(22)4/h5-6,11-12,17,21,23-26,34H,1-2,7-10,13-16,18H2,3-4H3/t21?,23-,24-,25-,26?,30?/m0/s1. The largest absolute Gasteiger partial charge is 0.465 e. The van der Waals surface area contributed by atoms with Gasteiger partial charge in [0.25, 0.3) is 5.91 Å². The van der Waals surface area contributed by atoms with Crippen LogP contribution in [-0.2, 0) is 19.1 Å². The highest BCUT2D eigenvalue weighted by Crippen LogP contribution is 2.68. The topological polar surface area (TPSA) is 87.1 Å². The fourth-order valence-corrected chi connectivity index (χ4v) is 10.00. The van der Waals surface area contributed by atoms with Crippen LogP contribution >= 0.6 is 27.7 Å². The van der Waals surface area contributed by atoms with Crippen LogP contribution in [0.5, 0.6) is 0 Å². The molecule has 1 N–H and O–H groups in total. The Kier molecular flexibility index (Phi) is 9.65. The number of carbonyl (C=O) groups is 3. The summed E-state index contributed by atoms with van der Waals surface area (Å²) in [6.45, 7) is 12.5. The summed E-state index contributed by atoms with van der Waals surface area (Å²) in [5.74, 6) is -1.91. The summed E-state index contributed by atoms with van der Waals surface area (Å²) in [6.07, 6.45) is 6.64. The van der Waals surface area contributed by atoms with Crippen molar-refractivity contribution in [2.45, 2.75) is 66.8 Å². The van der Waals surface area contributed by atoms with Gasteiger partial charge in [-0.15, -0.1) is 24.9 Å². The van der Waals surface area contributed by atoms with E-state index in [9.17, 15) is 19.5 Å². The first-order chi connectivity index (χ1) is 18.7. The molecule has 7 nitrogen and oxygen atoms in total. The zero-order valence-electron chi connectivity index (χ0n) is 22.8. The molecule has 3 unspecified atom stereocenters. The van der Waals surface area contributed by atoms with Crippen LogP contribution in [0.4, 0.5) is 5.69 Å². The molecule has 3 heterocycles. The number of rotatable bonds is 13. The van der Waals surface area contributed by atoms with Gasteiger partial charge < -0.3 is 19.6 Å². The Balaban J connectivity index is 1.74. The van der Waals surface area contributed by atoms with Gasteiger partial charge in [0, 0.05) is 35.5 Å². The van der Waals surface area contributed by atoms with E-state index in [-0.39, 0.29) is 41.1 Å². The first-order valence-corrected chi connectivity index (χ1v) is 15.5. The smallest absolute Gasteiger partial charge is 0.310 e. The number of anilines is 1. The molecule has 212 valence electrons. The molecule has 2 bridgehead atoms. The predicted molar refractivity (Wildman–Crippen MR) is 159 cm³/mol. The summed E-state index contributed by atoms with van der Waals surface area (Å²) in [6, 6.07) is 5.27. The molecule has 3 aliphatic heterocycles. The number of hydrogen-bond acceptors (Lipinski definition) is 6. The van der Waals surface area contributed by atoms with Crippen molar-refractivity contribution in [3.05, 3.63) is 54.6 Å². The third-order valence-corrected chi connectivity index (χ3v) is 11.4. The number of likely N-dealkylation sites (tertiary alicyclic amines) is 1. The first-order valence-electron chi connectivity index (χ1n) is 13.7. The summed E-state index contributed by atoms with van der Waals surface area (Å²) < 4.78 is 4.92. The van der Waals surface area contributed by atoms with E-state index in [4.69, 9.17) is 4.74 Å². The molecule has 1 aromatic rings. The summed E-state index contributed by atoms with van der Waals surface area (Å²) in [5, 5.41) is 9.27. The number of ether oxygens (including phenoxy) is 1. The van der Waals surface area contributed by atoms with E-state index in [1.54, 1.807) is 33.7 Å². The van der Waals surface area contributed by atoms with Gasteiger partial charge in [0.2, 0.25) is 5.91 Å². The quantitative estimate of drug-likeness (QED) is 0.151. The molecule has 0 aromatic heterocycles. The minimum atomic E-state index is -0.742. The number of thioether (sulfide) groups is 1. The van der Waals surface area contributed by atoms with Gasteiger partial charge in [0.05, 0.1) is 23.2 Å². The number of alkyl halides is 1. The second-order valence-corrected chi connectivity index (χ2v) is 13.5. The third kappa shape index (κ3) is 5.46. The van der Waals surface area contributed by atoms with Crippen molar-refractivity contribution < 1.29 is 24.2 Å². The molecular weight excluding hydrogens is 580 g/mol. The Morgan fingerprint density at radius 3 is 2.72 bits per heavy atom. The van der Waals surface area contributed by atoms with E-state index in [2.05, 4.69) is 29.1 Å². The second kappa shape index (κ2) is 12.6. The van der Waals surface area contributed by atoms with Crippen molar-refractivity contribution in [3.63, 3.8) is 0 Å². The van der Waals surface area contributed by atoms with Gasteiger partial charge in [0.15, 0.2) is 0 Å². The monoisotopic (exact) mass is 618 g/mol. The molecule has 9 heteroatoms. The van der Waals surface area contributed by atoms with E-state index >= 15 is 0 Å². The third-order valence-electron chi connectivity index (χ3n) is 8.13. The Morgan fingerprint density at radius 2 is 2.03 bits per heavy atom. The van der Waals surface area contributed by atoms with Crippen LogP contribution in [0.15, 0.2) is 43.5 Å². The maximum Gasteiger partial charge on any atom is 0.310 e. The molecule has 3 saturated heterocycles. The number of carbonyl (C=O) groups excluding carboxylic acids is 3. The SMILES string of the molecule is C=CCCCOC(=O)[C@H]1[C@H]2C(=O)N(CCCCO)C(C(=O)N(CC=C)c3cc(C)ccc3C)C23CC(Br)[C@@H]1S3. The molecule has 0 radical (unpaired) electrons. The number of nitrogens with zero attached hydrogens (tertiary/aromatic N) is 2. The Hall–Kier alpha value is -2.10. The lowest BCUT2D eigenvalue weighted by atomic mass is 9.71. The maximum absolute atomic E-state index is 14.6. The van der Waals surface area contributed by atoms with E-state index in [0.29, 0.717) is 38.8 Å². The van der Waals surface area contributed by atoms with Crippen LogP contribution in [0.2, 0.25) is 0 Å². The number of aliphatic hydroxyl groups excluding tert-OH is 1. The van der Waals surface area contributed by atoms with Gasteiger partial charge in [0.1, 0.15) is 6.04 Å². The molecule has 1 spiro atoms. The molecule has 2 amide bonds. The van der Waals surface area contributed by atoms with Gasteiger partial charge >= 0.3 is 5.97 Å². The van der Waals surface area contributed by atoms with E-state index < -0.39 is 22.6 Å². The Labute approximate surface area is 244 Å². The summed E-state index contributed by atoms with van der Waals surface area (Å²) in [4.78, 5) is 45.6. The number of halogens is 1. The number of unbranched alkanes of at least 4 members (excludes halogenated alkanes) is 2. The average molecular weight is 620 g/mol. The molecule has 6 atom stereocenters. The number of hydrogen-bond donors (Lipinski definition) is 1. The number of benzene rings is 1. The average Bonchev–Trinajstić information content (AvgIpc) is 3.50. The zero-order valence-corrected chi connectivity index (χ0v) is 25.2. The molecule has 1 aromatic carbocycles. The highest BCUT2D eigenvalue weighted by molar-refractivity contribution is 9.09. The van der Waals surface area contributed by atoms with Gasteiger partial charge in [-0.3, -0.25) is 14.4 Å².